The molecular weight excluding hydrogens is 246 g/mol. The van der Waals surface area contributed by atoms with Crippen LogP contribution in [0.15, 0.2) is 20.6 Å². The van der Waals surface area contributed by atoms with Crippen molar-refractivity contribution in [1.82, 2.24) is 0 Å². The highest BCUT2D eigenvalue weighted by molar-refractivity contribution is 8.05. The van der Waals surface area contributed by atoms with Crippen molar-refractivity contribution in [3.05, 3.63) is 11.1 Å². The molecule has 0 amide bonds. The van der Waals surface area contributed by atoms with Crippen molar-refractivity contribution in [2.24, 2.45) is 15.3 Å². The van der Waals surface area contributed by atoms with Gasteiger partial charge in [-0.25, -0.2) is 9.83 Å². The number of aliphatic imine (C=N–C) groups is 1. The van der Waals surface area contributed by atoms with E-state index in [0.29, 0.717) is 5.70 Å². The molecular formula is C9H12N3O4S. The SMILES string of the molecule is CC(CC(=O)O)O/N=S1/C=C(C[C]=O)N=C1N. The summed E-state index contributed by atoms with van der Waals surface area (Å²) in [6.07, 6.45) is 1.08. The highest BCUT2D eigenvalue weighted by Crippen LogP contribution is 2.14. The van der Waals surface area contributed by atoms with E-state index in [1.54, 1.807) is 18.6 Å². The van der Waals surface area contributed by atoms with E-state index in [9.17, 15) is 9.59 Å². The van der Waals surface area contributed by atoms with Crippen molar-refractivity contribution >= 4 is 28.1 Å². The largest absolute Gasteiger partial charge is 0.481 e. The van der Waals surface area contributed by atoms with Gasteiger partial charge in [-0.15, -0.1) is 0 Å². The fourth-order valence-electron chi connectivity index (χ4n) is 1.02. The summed E-state index contributed by atoms with van der Waals surface area (Å²) >= 11 is 0. The summed E-state index contributed by atoms with van der Waals surface area (Å²) < 4.78 is 3.79. The standard InChI is InChI=1S/C9H12N3O4S/c1-6(4-8(14)15)16-12-17-5-7(2-3-13)11-9(17)10/h5-6H,2,4H2,1H3,(H2,10,11)(H,14,15). The molecule has 0 aromatic carbocycles. The number of allylic oxidation sites excluding steroid dienone is 1. The number of rotatable bonds is 6. The minimum Gasteiger partial charge on any atom is -0.481 e. The molecule has 0 aromatic heterocycles. The van der Waals surface area contributed by atoms with Crippen molar-refractivity contribution in [3.63, 3.8) is 0 Å². The summed E-state index contributed by atoms with van der Waals surface area (Å²) in [7, 11) is -0.842. The topological polar surface area (TPSA) is 114 Å². The second-order valence-corrected chi connectivity index (χ2v) is 4.72. The normalized spacial score (nSPS) is 20.9. The van der Waals surface area contributed by atoms with E-state index in [4.69, 9.17) is 15.7 Å². The Kier molecular flexibility index (Phi) is 4.98. The van der Waals surface area contributed by atoms with Gasteiger partial charge in [0.2, 0.25) is 6.29 Å². The number of carboxylic acids is 1. The molecule has 93 valence electrons. The molecule has 1 heterocycles. The summed E-state index contributed by atoms with van der Waals surface area (Å²) in [6.45, 7) is 1.59. The van der Waals surface area contributed by atoms with Crippen LogP contribution in [0.1, 0.15) is 19.8 Å². The Bertz CT molecular complexity index is 416. The van der Waals surface area contributed by atoms with Crippen molar-refractivity contribution in [3.8, 4) is 0 Å². The van der Waals surface area contributed by atoms with Gasteiger partial charge in [0.1, 0.15) is 0 Å². The molecule has 2 atom stereocenters. The number of carboxylic acid groups (broad SMARTS) is 1. The fraction of sp³-hybridized carbons (Fsp3) is 0.444. The van der Waals surface area contributed by atoms with Crippen molar-refractivity contribution in [2.75, 3.05) is 0 Å². The van der Waals surface area contributed by atoms with E-state index in [1.807, 2.05) is 0 Å². The zero-order valence-electron chi connectivity index (χ0n) is 9.12. The first-order valence-corrected chi connectivity index (χ1v) is 5.99. The predicted octanol–water partition coefficient (Wildman–Crippen LogP) is 0.253. The van der Waals surface area contributed by atoms with Gasteiger partial charge in [0.15, 0.2) is 5.17 Å². The van der Waals surface area contributed by atoms with Crippen LogP contribution in [-0.4, -0.2) is 28.6 Å². The Labute approximate surface area is 100 Å². The van der Waals surface area contributed by atoms with Crippen LogP contribution in [-0.2, 0) is 25.1 Å². The van der Waals surface area contributed by atoms with Crippen LogP contribution in [0.25, 0.3) is 0 Å². The quantitative estimate of drug-likeness (QED) is 0.663. The zero-order valence-corrected chi connectivity index (χ0v) is 9.94. The monoisotopic (exact) mass is 258 g/mol. The van der Waals surface area contributed by atoms with E-state index in [1.165, 1.54) is 0 Å². The molecule has 1 aliphatic rings. The third-order valence-corrected chi connectivity index (χ3v) is 3.00. The number of hydrogen-bond acceptors (Lipinski definition) is 6. The third kappa shape index (κ3) is 4.45. The number of amidine groups is 1. The maximum Gasteiger partial charge on any atom is 0.306 e. The van der Waals surface area contributed by atoms with Crippen LogP contribution in [0.5, 0.6) is 0 Å². The van der Waals surface area contributed by atoms with Gasteiger partial charge in [0.25, 0.3) is 0 Å². The molecule has 1 radical (unpaired) electrons. The number of hydrogen-bond donors (Lipinski definition) is 2. The second-order valence-electron chi connectivity index (χ2n) is 3.28. The maximum atomic E-state index is 10.4. The van der Waals surface area contributed by atoms with E-state index in [2.05, 4.69) is 9.52 Å². The number of carbonyl (C=O) groups excluding carboxylic acids is 1. The molecule has 0 bridgehead atoms. The van der Waals surface area contributed by atoms with E-state index < -0.39 is 22.8 Å². The number of nitrogens with zero attached hydrogens (tertiary/aromatic N) is 2. The minimum absolute atomic E-state index is 0.0599. The van der Waals surface area contributed by atoms with E-state index in [-0.39, 0.29) is 18.0 Å². The Morgan fingerprint density at radius 2 is 2.53 bits per heavy atom. The van der Waals surface area contributed by atoms with Gasteiger partial charge in [0, 0.05) is 16.1 Å². The average Bonchev–Trinajstić information content (AvgIpc) is 2.56. The number of aliphatic carboxylic acids is 1. The molecule has 3 N–H and O–H groups in total. The average molecular weight is 258 g/mol. The highest BCUT2D eigenvalue weighted by Gasteiger charge is 2.13. The first kappa shape index (κ1) is 13.5. The van der Waals surface area contributed by atoms with Crippen LogP contribution in [0.2, 0.25) is 0 Å². The Hall–Kier alpha value is -1.54. The Balaban J connectivity index is 2.59. The van der Waals surface area contributed by atoms with Crippen LogP contribution in [0, 0.1) is 0 Å². The van der Waals surface area contributed by atoms with Crippen molar-refractivity contribution < 1.29 is 19.5 Å². The van der Waals surface area contributed by atoms with Gasteiger partial charge in [0.05, 0.1) is 24.6 Å². The smallest absolute Gasteiger partial charge is 0.306 e. The summed E-state index contributed by atoms with van der Waals surface area (Å²) in [5.41, 5.74) is 6.08. The maximum absolute atomic E-state index is 10.4. The van der Waals surface area contributed by atoms with Crippen LogP contribution in [0.4, 0.5) is 0 Å². The van der Waals surface area contributed by atoms with Crippen LogP contribution >= 0.6 is 0 Å². The van der Waals surface area contributed by atoms with Crippen LogP contribution in [0.3, 0.4) is 0 Å². The molecule has 0 spiro atoms. The van der Waals surface area contributed by atoms with Gasteiger partial charge < -0.3 is 10.8 Å². The summed E-state index contributed by atoms with van der Waals surface area (Å²) in [6, 6.07) is 0. The summed E-state index contributed by atoms with van der Waals surface area (Å²) in [5.74, 6) is -0.962. The molecule has 0 aromatic rings. The molecule has 0 aliphatic carbocycles. The molecule has 0 saturated carbocycles. The van der Waals surface area contributed by atoms with Gasteiger partial charge in [-0.05, 0) is 6.92 Å². The van der Waals surface area contributed by atoms with Gasteiger partial charge in [-0.1, -0.05) is 4.53 Å². The molecule has 1 rings (SSSR count). The Morgan fingerprint density at radius 1 is 1.82 bits per heavy atom. The molecule has 17 heavy (non-hydrogen) atoms. The first-order valence-electron chi connectivity index (χ1n) is 4.74. The number of nitrogens with two attached hydrogens (primary N) is 1. The predicted molar refractivity (Wildman–Crippen MR) is 62.6 cm³/mol. The first-order chi connectivity index (χ1) is 8.02. The van der Waals surface area contributed by atoms with E-state index in [0.717, 1.165) is 0 Å². The summed E-state index contributed by atoms with van der Waals surface area (Å²) in [5, 5.41) is 10.4. The lowest BCUT2D eigenvalue weighted by Gasteiger charge is -2.04. The molecule has 0 fully saturated rings. The highest BCUT2D eigenvalue weighted by atomic mass is 32.2. The lowest BCUT2D eigenvalue weighted by molar-refractivity contribution is -0.139. The van der Waals surface area contributed by atoms with E-state index >= 15 is 0 Å². The zero-order chi connectivity index (χ0) is 12.8. The third-order valence-electron chi connectivity index (χ3n) is 1.73. The molecule has 0 saturated heterocycles. The van der Waals surface area contributed by atoms with Crippen LogP contribution < -0.4 is 5.73 Å². The molecule has 8 heteroatoms. The minimum atomic E-state index is -0.962. The second kappa shape index (κ2) is 6.26. The molecule has 2 unspecified atom stereocenters. The fourth-order valence-corrected chi connectivity index (χ4v) is 2.11. The van der Waals surface area contributed by atoms with Gasteiger partial charge in [-0.2, -0.15) is 0 Å². The van der Waals surface area contributed by atoms with Crippen molar-refractivity contribution in [1.29, 1.82) is 0 Å². The lowest BCUT2D eigenvalue weighted by Crippen LogP contribution is -2.16. The number of carbonyl (C=O) groups is 1. The summed E-state index contributed by atoms with van der Waals surface area (Å²) in [4.78, 5) is 29.4. The molecule has 1 aliphatic heterocycles. The molecule has 7 nitrogen and oxygen atoms in total. The van der Waals surface area contributed by atoms with Gasteiger partial charge in [-0.3, -0.25) is 9.59 Å². The van der Waals surface area contributed by atoms with Crippen molar-refractivity contribution in [2.45, 2.75) is 25.9 Å². The lowest BCUT2D eigenvalue weighted by atomic mass is 10.3. The Morgan fingerprint density at radius 3 is 3.12 bits per heavy atom. The van der Waals surface area contributed by atoms with Gasteiger partial charge >= 0.3 is 5.97 Å².